The molecule has 2 heteroatoms. The molecule has 68 valence electrons. The van der Waals surface area contributed by atoms with E-state index in [2.05, 4.69) is 16.8 Å². The van der Waals surface area contributed by atoms with Crippen LogP contribution in [-0.2, 0) is 0 Å². The normalized spacial score (nSPS) is 36.3. The average molecular weight is 166 g/mol. The Kier molecular flexibility index (Phi) is 2.20. The molecule has 2 heterocycles. The van der Waals surface area contributed by atoms with Gasteiger partial charge < -0.3 is 5.32 Å². The number of hydrogen-bond donors (Lipinski definition) is 1. The minimum Gasteiger partial charge on any atom is -0.316 e. The molecule has 2 aliphatic rings. The summed E-state index contributed by atoms with van der Waals surface area (Å²) in [6.07, 6.45) is 4.77. The lowest BCUT2D eigenvalue weighted by molar-refractivity contribution is 0.293. The van der Waals surface area contributed by atoms with Crippen molar-refractivity contribution in [3.8, 4) is 0 Å². The second-order valence-corrected chi connectivity index (χ2v) is 4.20. The van der Waals surface area contributed by atoms with Gasteiger partial charge in [0, 0.05) is 19.6 Å². The molecule has 0 aromatic rings. The monoisotopic (exact) mass is 166 g/mol. The van der Waals surface area contributed by atoms with Crippen LogP contribution in [0.3, 0.4) is 0 Å². The highest BCUT2D eigenvalue weighted by Crippen LogP contribution is 2.35. The van der Waals surface area contributed by atoms with Crippen LogP contribution in [0.4, 0.5) is 0 Å². The van der Waals surface area contributed by atoms with Gasteiger partial charge in [0.1, 0.15) is 0 Å². The Labute approximate surface area is 74.6 Å². The van der Waals surface area contributed by atoms with Crippen molar-refractivity contribution in [2.24, 2.45) is 5.41 Å². The molecule has 0 amide bonds. The standard InChI is InChI=1S/C10H18N2/c1-2-6-12-7-4-10(9-12)3-5-11-8-10/h2,11H,1,3-9H2. The molecule has 1 spiro atoms. The Morgan fingerprint density at radius 3 is 3.08 bits per heavy atom. The van der Waals surface area contributed by atoms with E-state index in [0.717, 1.165) is 6.54 Å². The van der Waals surface area contributed by atoms with Crippen LogP contribution in [0.25, 0.3) is 0 Å². The fourth-order valence-electron chi connectivity index (χ4n) is 2.51. The lowest BCUT2D eigenvalue weighted by Gasteiger charge is -2.21. The van der Waals surface area contributed by atoms with Crippen LogP contribution in [-0.4, -0.2) is 37.6 Å². The first-order chi connectivity index (χ1) is 5.85. The largest absolute Gasteiger partial charge is 0.316 e. The van der Waals surface area contributed by atoms with Crippen molar-refractivity contribution in [2.45, 2.75) is 12.8 Å². The van der Waals surface area contributed by atoms with Crippen molar-refractivity contribution >= 4 is 0 Å². The van der Waals surface area contributed by atoms with Gasteiger partial charge in [0.2, 0.25) is 0 Å². The summed E-state index contributed by atoms with van der Waals surface area (Å²) in [6, 6.07) is 0. The zero-order valence-corrected chi connectivity index (χ0v) is 7.68. The molecular weight excluding hydrogens is 148 g/mol. The van der Waals surface area contributed by atoms with Gasteiger partial charge in [-0.3, -0.25) is 4.90 Å². The number of rotatable bonds is 2. The molecule has 0 bridgehead atoms. The van der Waals surface area contributed by atoms with E-state index >= 15 is 0 Å². The third-order valence-corrected chi connectivity index (χ3v) is 3.24. The minimum absolute atomic E-state index is 0.628. The molecule has 2 saturated heterocycles. The van der Waals surface area contributed by atoms with Crippen molar-refractivity contribution in [3.05, 3.63) is 12.7 Å². The Hall–Kier alpha value is -0.340. The van der Waals surface area contributed by atoms with Crippen molar-refractivity contribution in [1.82, 2.24) is 10.2 Å². The fraction of sp³-hybridized carbons (Fsp3) is 0.800. The number of hydrogen-bond acceptors (Lipinski definition) is 2. The van der Waals surface area contributed by atoms with Gasteiger partial charge >= 0.3 is 0 Å². The molecule has 2 nitrogen and oxygen atoms in total. The lowest BCUT2D eigenvalue weighted by atomic mass is 9.87. The highest BCUT2D eigenvalue weighted by Gasteiger charge is 2.39. The van der Waals surface area contributed by atoms with E-state index in [0.29, 0.717) is 5.41 Å². The number of nitrogens with zero attached hydrogens (tertiary/aromatic N) is 1. The Morgan fingerprint density at radius 2 is 2.42 bits per heavy atom. The summed E-state index contributed by atoms with van der Waals surface area (Å²) in [5, 5.41) is 3.47. The fourth-order valence-corrected chi connectivity index (χ4v) is 2.51. The van der Waals surface area contributed by atoms with E-state index in [1.165, 1.54) is 39.0 Å². The molecule has 2 aliphatic heterocycles. The average Bonchev–Trinajstić information content (AvgIpc) is 2.65. The first kappa shape index (κ1) is 8.27. The molecule has 1 N–H and O–H groups in total. The lowest BCUT2D eigenvalue weighted by Crippen LogP contribution is -2.29. The van der Waals surface area contributed by atoms with E-state index in [9.17, 15) is 0 Å². The summed E-state index contributed by atoms with van der Waals surface area (Å²) in [4.78, 5) is 2.51. The minimum atomic E-state index is 0.628. The first-order valence-electron chi connectivity index (χ1n) is 4.89. The number of likely N-dealkylation sites (tertiary alicyclic amines) is 1. The summed E-state index contributed by atoms with van der Waals surface area (Å²) in [5.74, 6) is 0. The maximum absolute atomic E-state index is 3.78. The Balaban J connectivity index is 1.91. The van der Waals surface area contributed by atoms with Crippen LogP contribution < -0.4 is 5.32 Å². The predicted molar refractivity (Wildman–Crippen MR) is 51.2 cm³/mol. The molecule has 0 aliphatic carbocycles. The summed E-state index contributed by atoms with van der Waals surface area (Å²) in [5.41, 5.74) is 0.628. The molecule has 0 saturated carbocycles. The molecule has 0 aromatic heterocycles. The maximum atomic E-state index is 3.78. The van der Waals surface area contributed by atoms with Crippen molar-refractivity contribution in [3.63, 3.8) is 0 Å². The second kappa shape index (κ2) is 3.19. The van der Waals surface area contributed by atoms with Crippen LogP contribution in [0.15, 0.2) is 12.7 Å². The van der Waals surface area contributed by atoms with E-state index in [-0.39, 0.29) is 0 Å². The van der Waals surface area contributed by atoms with E-state index in [4.69, 9.17) is 0 Å². The van der Waals surface area contributed by atoms with Gasteiger partial charge in [-0.15, -0.1) is 6.58 Å². The Morgan fingerprint density at radius 1 is 1.50 bits per heavy atom. The quantitative estimate of drug-likeness (QED) is 0.612. The summed E-state index contributed by atoms with van der Waals surface area (Å²) in [6.45, 7) is 9.87. The Bertz CT molecular complexity index is 171. The highest BCUT2D eigenvalue weighted by atomic mass is 15.2. The van der Waals surface area contributed by atoms with Gasteiger partial charge in [0.25, 0.3) is 0 Å². The summed E-state index contributed by atoms with van der Waals surface area (Å²) < 4.78 is 0. The molecule has 2 fully saturated rings. The molecule has 1 unspecified atom stereocenters. The first-order valence-corrected chi connectivity index (χ1v) is 4.89. The van der Waals surface area contributed by atoms with Gasteiger partial charge in [-0.25, -0.2) is 0 Å². The van der Waals surface area contributed by atoms with Gasteiger partial charge in [0.15, 0.2) is 0 Å². The van der Waals surface area contributed by atoms with E-state index < -0.39 is 0 Å². The van der Waals surface area contributed by atoms with Gasteiger partial charge in [-0.2, -0.15) is 0 Å². The summed E-state index contributed by atoms with van der Waals surface area (Å²) >= 11 is 0. The molecule has 0 aromatic carbocycles. The third-order valence-electron chi connectivity index (χ3n) is 3.24. The number of nitrogens with one attached hydrogen (secondary N) is 1. The van der Waals surface area contributed by atoms with Gasteiger partial charge in [0.05, 0.1) is 0 Å². The zero-order valence-electron chi connectivity index (χ0n) is 7.68. The van der Waals surface area contributed by atoms with Crippen LogP contribution >= 0.6 is 0 Å². The molecule has 12 heavy (non-hydrogen) atoms. The second-order valence-electron chi connectivity index (χ2n) is 4.20. The SMILES string of the molecule is C=CCN1CCC2(CCNC2)C1. The third kappa shape index (κ3) is 1.41. The van der Waals surface area contributed by atoms with Crippen molar-refractivity contribution in [2.75, 3.05) is 32.7 Å². The molecule has 2 rings (SSSR count). The smallest absolute Gasteiger partial charge is 0.0160 e. The molecular formula is C10H18N2. The van der Waals surface area contributed by atoms with E-state index in [1.807, 2.05) is 6.08 Å². The van der Waals surface area contributed by atoms with E-state index in [1.54, 1.807) is 0 Å². The van der Waals surface area contributed by atoms with Crippen molar-refractivity contribution in [1.29, 1.82) is 0 Å². The van der Waals surface area contributed by atoms with Crippen LogP contribution in [0, 0.1) is 5.41 Å². The predicted octanol–water partition coefficient (Wildman–Crippen LogP) is 0.858. The maximum Gasteiger partial charge on any atom is 0.0160 e. The zero-order chi connectivity index (χ0) is 8.44. The van der Waals surface area contributed by atoms with Crippen LogP contribution in [0.2, 0.25) is 0 Å². The van der Waals surface area contributed by atoms with Gasteiger partial charge in [-0.1, -0.05) is 6.08 Å². The topological polar surface area (TPSA) is 15.3 Å². The summed E-state index contributed by atoms with van der Waals surface area (Å²) in [7, 11) is 0. The van der Waals surface area contributed by atoms with Crippen LogP contribution in [0.1, 0.15) is 12.8 Å². The molecule has 0 radical (unpaired) electrons. The van der Waals surface area contributed by atoms with Crippen molar-refractivity contribution < 1.29 is 0 Å². The highest BCUT2D eigenvalue weighted by molar-refractivity contribution is 4.96. The van der Waals surface area contributed by atoms with Crippen LogP contribution in [0.5, 0.6) is 0 Å². The molecule has 1 atom stereocenters. The van der Waals surface area contributed by atoms with Gasteiger partial charge in [-0.05, 0) is 31.3 Å².